The van der Waals surface area contributed by atoms with Gasteiger partial charge in [0.25, 0.3) is 0 Å². The van der Waals surface area contributed by atoms with E-state index in [1.807, 2.05) is 12.1 Å². The molecule has 1 saturated heterocycles. The summed E-state index contributed by atoms with van der Waals surface area (Å²) in [5, 5.41) is 60.1. The normalized spacial score (nSPS) is 28.1. The Labute approximate surface area is 225 Å². The number of aromatic hydroxyl groups is 1. The molecule has 12 nitrogen and oxygen atoms in total. The highest BCUT2D eigenvalue weighted by atomic mass is 16.7. The second kappa shape index (κ2) is 12.6. The lowest BCUT2D eigenvalue weighted by molar-refractivity contribution is -0.302. The number of methoxy groups -OCH3 is 3. The van der Waals surface area contributed by atoms with Crippen LogP contribution in [0.5, 0.6) is 28.7 Å². The van der Waals surface area contributed by atoms with Crippen LogP contribution in [0.25, 0.3) is 0 Å². The number of benzene rings is 2. The van der Waals surface area contributed by atoms with Crippen LogP contribution in [0.1, 0.15) is 35.1 Å². The van der Waals surface area contributed by atoms with E-state index >= 15 is 0 Å². The van der Waals surface area contributed by atoms with Crippen molar-refractivity contribution in [2.45, 2.75) is 55.6 Å². The van der Waals surface area contributed by atoms with Gasteiger partial charge in [-0.15, -0.1) is 0 Å². The van der Waals surface area contributed by atoms with Crippen LogP contribution in [0.2, 0.25) is 0 Å². The summed E-state index contributed by atoms with van der Waals surface area (Å²) in [6.45, 7) is -0.630. The molecule has 0 spiro atoms. The Morgan fingerprint density at radius 2 is 1.51 bits per heavy atom. The lowest BCUT2D eigenvalue weighted by Gasteiger charge is -2.40. The SMILES string of the molecule is COc1cc([C@@H]2Oc3c(OC)cc(CCCO)cc3[C@H]2CO[C@@H]2O[C@H](CO)[C@@H](O)[C@H](O)[C@H]2O)cc(OC)c1O. The van der Waals surface area contributed by atoms with Crippen molar-refractivity contribution in [1.29, 1.82) is 0 Å². The summed E-state index contributed by atoms with van der Waals surface area (Å²) in [5.74, 6) is 0.634. The second-order valence-electron chi connectivity index (χ2n) is 9.49. The van der Waals surface area contributed by atoms with Gasteiger partial charge in [-0.25, -0.2) is 0 Å². The number of fused-ring (bicyclic) bond motifs is 1. The molecule has 6 N–H and O–H groups in total. The first-order valence-electron chi connectivity index (χ1n) is 12.6. The molecule has 2 aromatic rings. The van der Waals surface area contributed by atoms with Gasteiger partial charge in [0, 0.05) is 17.7 Å². The van der Waals surface area contributed by atoms with Gasteiger partial charge in [-0.1, -0.05) is 6.07 Å². The lowest BCUT2D eigenvalue weighted by atomic mass is 9.89. The number of phenolic OH excluding ortho intramolecular Hbond substituents is 1. The minimum atomic E-state index is -1.58. The Balaban J connectivity index is 1.72. The maximum absolute atomic E-state index is 10.5. The predicted octanol–water partition coefficient (Wildman–Crippen LogP) is 0.377. The summed E-state index contributed by atoms with van der Waals surface area (Å²) in [7, 11) is 4.35. The molecule has 4 rings (SSSR count). The second-order valence-corrected chi connectivity index (χ2v) is 9.49. The van der Waals surface area contributed by atoms with Gasteiger partial charge >= 0.3 is 0 Å². The zero-order chi connectivity index (χ0) is 28.3. The molecule has 0 radical (unpaired) electrons. The van der Waals surface area contributed by atoms with E-state index in [9.17, 15) is 30.6 Å². The summed E-state index contributed by atoms with van der Waals surface area (Å²) in [6, 6.07) is 7.01. The van der Waals surface area contributed by atoms with Crippen molar-refractivity contribution in [3.63, 3.8) is 0 Å². The third-order valence-electron chi connectivity index (χ3n) is 7.12. The van der Waals surface area contributed by atoms with Gasteiger partial charge in [0.15, 0.2) is 29.3 Å². The maximum Gasteiger partial charge on any atom is 0.200 e. The van der Waals surface area contributed by atoms with E-state index in [0.29, 0.717) is 29.9 Å². The van der Waals surface area contributed by atoms with Crippen molar-refractivity contribution >= 4 is 0 Å². The number of rotatable bonds is 11. The Kier molecular flexibility index (Phi) is 9.39. The van der Waals surface area contributed by atoms with Gasteiger partial charge in [-0.2, -0.15) is 0 Å². The van der Waals surface area contributed by atoms with Gasteiger partial charge < -0.3 is 59.1 Å². The third kappa shape index (κ3) is 5.73. The van der Waals surface area contributed by atoms with Crippen LogP contribution in [0.4, 0.5) is 0 Å². The van der Waals surface area contributed by atoms with E-state index in [0.717, 1.165) is 11.1 Å². The Bertz CT molecular complexity index is 1100. The van der Waals surface area contributed by atoms with E-state index in [1.165, 1.54) is 21.3 Å². The standard InChI is InChI=1S/C27H36O12/c1-34-17-9-14(10-18(35-2)21(17)30)25-16(12-37-27-24(33)23(32)22(31)20(11-29)38-27)15-7-13(5-4-6-28)8-19(36-3)26(15)39-25/h7-10,16,20,22-25,27-33H,4-6,11-12H2,1-3H3/t16-,20-,22-,23+,24-,25+,27-/m1/s1. The molecular formula is C27H36O12. The first-order valence-corrected chi connectivity index (χ1v) is 12.6. The molecule has 39 heavy (non-hydrogen) atoms. The average molecular weight is 553 g/mol. The van der Waals surface area contributed by atoms with Gasteiger partial charge in [-0.05, 0) is 36.6 Å². The maximum atomic E-state index is 10.5. The van der Waals surface area contributed by atoms with E-state index in [4.69, 9.17) is 28.4 Å². The third-order valence-corrected chi connectivity index (χ3v) is 7.12. The number of ether oxygens (including phenoxy) is 6. The van der Waals surface area contributed by atoms with Crippen LogP contribution in [0.15, 0.2) is 24.3 Å². The molecule has 0 saturated carbocycles. The number of hydrogen-bond acceptors (Lipinski definition) is 12. The zero-order valence-electron chi connectivity index (χ0n) is 22.0. The minimum absolute atomic E-state index is 0.0231. The number of phenols is 1. The van der Waals surface area contributed by atoms with Gasteiger partial charge in [0.1, 0.15) is 30.5 Å². The summed E-state index contributed by atoms with van der Waals surface area (Å²) in [4.78, 5) is 0. The Morgan fingerprint density at radius 3 is 2.10 bits per heavy atom. The fraction of sp³-hybridized carbons (Fsp3) is 0.556. The lowest BCUT2D eigenvalue weighted by Crippen LogP contribution is -2.59. The highest BCUT2D eigenvalue weighted by molar-refractivity contribution is 5.58. The highest BCUT2D eigenvalue weighted by Gasteiger charge is 2.46. The van der Waals surface area contributed by atoms with E-state index < -0.39 is 49.3 Å². The summed E-state index contributed by atoms with van der Waals surface area (Å²) >= 11 is 0. The summed E-state index contributed by atoms with van der Waals surface area (Å²) in [6.07, 6.45) is -6.67. The molecule has 1 fully saturated rings. The summed E-state index contributed by atoms with van der Waals surface area (Å²) in [5.41, 5.74) is 2.24. The van der Waals surface area contributed by atoms with Crippen molar-refractivity contribution in [3.05, 3.63) is 41.0 Å². The van der Waals surface area contributed by atoms with E-state index in [1.54, 1.807) is 12.1 Å². The molecule has 2 aliphatic heterocycles. The van der Waals surface area contributed by atoms with Gasteiger partial charge in [-0.3, -0.25) is 0 Å². The van der Waals surface area contributed by atoms with Crippen LogP contribution in [0.3, 0.4) is 0 Å². The fourth-order valence-electron chi connectivity index (χ4n) is 5.00. The molecule has 7 atom stereocenters. The molecule has 216 valence electrons. The number of hydrogen-bond donors (Lipinski definition) is 6. The van der Waals surface area contributed by atoms with Crippen molar-refractivity contribution < 1.29 is 59.1 Å². The molecule has 0 amide bonds. The number of aryl methyl sites for hydroxylation is 1. The Morgan fingerprint density at radius 1 is 0.846 bits per heavy atom. The zero-order valence-corrected chi connectivity index (χ0v) is 22.0. The van der Waals surface area contributed by atoms with Crippen molar-refractivity contribution in [3.8, 4) is 28.7 Å². The minimum Gasteiger partial charge on any atom is -0.502 e. The topological polar surface area (TPSA) is 177 Å². The molecule has 2 aliphatic rings. The highest BCUT2D eigenvalue weighted by Crippen LogP contribution is 2.53. The van der Waals surface area contributed by atoms with Crippen molar-refractivity contribution in [2.75, 3.05) is 41.2 Å². The molecular weight excluding hydrogens is 516 g/mol. The molecule has 0 aromatic heterocycles. The number of aliphatic hydroxyl groups is 5. The van der Waals surface area contributed by atoms with Crippen molar-refractivity contribution in [1.82, 2.24) is 0 Å². The average Bonchev–Trinajstić information content (AvgIpc) is 3.32. The van der Waals surface area contributed by atoms with Crippen molar-refractivity contribution in [2.24, 2.45) is 0 Å². The first kappa shape index (κ1) is 29.2. The van der Waals surface area contributed by atoms with Gasteiger partial charge in [0.05, 0.1) is 40.5 Å². The van der Waals surface area contributed by atoms with Crippen LogP contribution in [-0.4, -0.2) is 102 Å². The molecule has 0 aliphatic carbocycles. The molecule has 0 unspecified atom stereocenters. The number of aliphatic hydroxyl groups excluding tert-OH is 5. The molecule has 2 heterocycles. The van der Waals surface area contributed by atoms with Crippen LogP contribution in [-0.2, 0) is 15.9 Å². The van der Waals surface area contributed by atoms with E-state index in [2.05, 4.69) is 0 Å². The molecule has 2 aromatic carbocycles. The molecule has 12 heteroatoms. The summed E-state index contributed by atoms with van der Waals surface area (Å²) < 4.78 is 34.1. The van der Waals surface area contributed by atoms with Crippen LogP contribution < -0.4 is 18.9 Å². The monoisotopic (exact) mass is 552 g/mol. The predicted molar refractivity (Wildman–Crippen MR) is 135 cm³/mol. The smallest absolute Gasteiger partial charge is 0.200 e. The largest absolute Gasteiger partial charge is 0.502 e. The quantitative estimate of drug-likeness (QED) is 0.226. The van der Waals surface area contributed by atoms with Gasteiger partial charge in [0.2, 0.25) is 5.75 Å². The van der Waals surface area contributed by atoms with E-state index in [-0.39, 0.29) is 30.5 Å². The van der Waals surface area contributed by atoms with Crippen LogP contribution in [0, 0.1) is 0 Å². The van der Waals surface area contributed by atoms with Crippen LogP contribution >= 0.6 is 0 Å². The first-order chi connectivity index (χ1) is 18.8. The fourth-order valence-corrected chi connectivity index (χ4v) is 5.00. The molecule has 0 bridgehead atoms. The Hall–Kier alpha value is -2.84.